The van der Waals surface area contributed by atoms with Gasteiger partial charge in [0.1, 0.15) is 4.83 Å². The molecule has 1 aliphatic rings. The van der Waals surface area contributed by atoms with Gasteiger partial charge in [0.15, 0.2) is 5.13 Å². The number of hydrogen-bond donors (Lipinski definition) is 2. The average Bonchev–Trinajstić information content (AvgIpc) is 3.28. The lowest BCUT2D eigenvalue weighted by atomic mass is 10.1. The summed E-state index contributed by atoms with van der Waals surface area (Å²) in [5.41, 5.74) is 6.78. The van der Waals surface area contributed by atoms with Crippen molar-refractivity contribution in [1.82, 2.24) is 9.88 Å². The Kier molecular flexibility index (Phi) is 4.45. The molecule has 0 spiro atoms. The predicted octanol–water partition coefficient (Wildman–Crippen LogP) is 3.91. The van der Waals surface area contributed by atoms with Crippen LogP contribution in [0.1, 0.15) is 23.0 Å². The number of aromatic nitrogens is 1. The van der Waals surface area contributed by atoms with Crippen molar-refractivity contribution in [3.8, 4) is 0 Å². The van der Waals surface area contributed by atoms with E-state index in [1.165, 1.54) is 11.3 Å². The van der Waals surface area contributed by atoms with Crippen LogP contribution in [0.5, 0.6) is 0 Å². The number of anilines is 2. The lowest BCUT2D eigenvalue weighted by molar-refractivity contribution is 0.0748. The Morgan fingerprint density at radius 2 is 2.16 bits per heavy atom. The minimum absolute atomic E-state index is 0.108. The number of fused-ring (bicyclic) bond motifs is 1. The summed E-state index contributed by atoms with van der Waals surface area (Å²) in [5, 5.41) is 4.16. The second-order valence-corrected chi connectivity index (χ2v) is 8.50. The van der Waals surface area contributed by atoms with Gasteiger partial charge in [-0.3, -0.25) is 4.79 Å². The third kappa shape index (κ3) is 3.27. The minimum atomic E-state index is 0.108. The van der Waals surface area contributed by atoms with Crippen LogP contribution in [0.4, 0.5) is 10.8 Å². The Morgan fingerprint density at radius 3 is 2.84 bits per heavy atom. The number of nitrogens with one attached hydrogen (secondary N) is 1. The van der Waals surface area contributed by atoms with E-state index < -0.39 is 0 Å². The Labute approximate surface area is 154 Å². The zero-order valence-electron chi connectivity index (χ0n) is 13.9. The molecule has 1 aromatic carbocycles. The van der Waals surface area contributed by atoms with Crippen LogP contribution in [-0.2, 0) is 0 Å². The summed E-state index contributed by atoms with van der Waals surface area (Å²) in [6.45, 7) is 3.50. The summed E-state index contributed by atoms with van der Waals surface area (Å²) in [5.74, 6) is 0.524. The Morgan fingerprint density at radius 1 is 1.36 bits per heavy atom. The lowest BCUT2D eigenvalue weighted by Gasteiger charge is -2.20. The number of thiophene rings is 1. The number of carbonyl (C=O) groups excluding carboxylic acids is 1. The molecule has 0 radical (unpaired) electrons. The number of likely N-dealkylation sites (tertiary alicyclic amines) is 1. The number of thiazole rings is 1. The van der Waals surface area contributed by atoms with E-state index in [9.17, 15) is 4.79 Å². The highest BCUT2D eigenvalue weighted by atomic mass is 32.1. The molecule has 25 heavy (non-hydrogen) atoms. The molecule has 3 aromatic rings. The molecule has 0 bridgehead atoms. The Hall–Kier alpha value is -1.96. The molecular weight excluding hydrogens is 352 g/mol. The van der Waals surface area contributed by atoms with Crippen molar-refractivity contribution in [3.05, 3.63) is 41.3 Å². The van der Waals surface area contributed by atoms with Gasteiger partial charge in [-0.05, 0) is 44.0 Å². The molecule has 7 heteroatoms. The van der Waals surface area contributed by atoms with E-state index in [2.05, 4.69) is 17.2 Å². The van der Waals surface area contributed by atoms with Gasteiger partial charge < -0.3 is 16.0 Å². The Balaban J connectivity index is 1.52. The molecular formula is C18H20N4OS2. The standard InChI is InChI=1S/C18H20N4OS2/c1-11-7-12(9-19)10-22(11)17(23)15-8-14-16(24-15)21-18(25-14)20-13-5-3-2-4-6-13/h2-6,8,11-12H,7,9-10,19H2,1H3,(H,20,21). The Bertz CT molecular complexity index is 858. The monoisotopic (exact) mass is 372 g/mol. The smallest absolute Gasteiger partial charge is 0.264 e. The zero-order chi connectivity index (χ0) is 17.4. The number of carbonyl (C=O) groups is 1. The molecule has 4 rings (SSSR count). The van der Waals surface area contributed by atoms with Gasteiger partial charge in [0.05, 0.1) is 9.58 Å². The fourth-order valence-corrected chi connectivity index (χ4v) is 5.37. The van der Waals surface area contributed by atoms with Gasteiger partial charge in [-0.25, -0.2) is 4.98 Å². The van der Waals surface area contributed by atoms with Crippen molar-refractivity contribution in [3.63, 3.8) is 0 Å². The molecule has 3 N–H and O–H groups in total. The first-order valence-electron chi connectivity index (χ1n) is 8.37. The summed E-state index contributed by atoms with van der Waals surface area (Å²) in [6.07, 6.45) is 0.991. The number of hydrogen-bond acceptors (Lipinski definition) is 6. The molecule has 130 valence electrons. The highest BCUT2D eigenvalue weighted by molar-refractivity contribution is 7.29. The van der Waals surface area contributed by atoms with Crippen LogP contribution in [-0.4, -0.2) is 34.9 Å². The largest absolute Gasteiger partial charge is 0.335 e. The van der Waals surface area contributed by atoms with E-state index in [-0.39, 0.29) is 11.9 Å². The van der Waals surface area contributed by atoms with Gasteiger partial charge in [-0.1, -0.05) is 29.5 Å². The van der Waals surface area contributed by atoms with E-state index in [0.717, 1.165) is 38.2 Å². The maximum atomic E-state index is 12.8. The maximum Gasteiger partial charge on any atom is 0.264 e. The number of rotatable bonds is 4. The first kappa shape index (κ1) is 16.5. The van der Waals surface area contributed by atoms with Crippen LogP contribution in [0.25, 0.3) is 9.53 Å². The molecule has 2 unspecified atom stereocenters. The fourth-order valence-electron chi connectivity index (χ4n) is 3.28. The highest BCUT2D eigenvalue weighted by Gasteiger charge is 2.33. The lowest BCUT2D eigenvalue weighted by Crippen LogP contribution is -2.33. The first-order valence-corrected chi connectivity index (χ1v) is 10.0. The molecule has 0 aliphatic carbocycles. The van der Waals surface area contributed by atoms with E-state index in [1.54, 1.807) is 11.3 Å². The summed E-state index contributed by atoms with van der Waals surface area (Å²) in [4.78, 5) is 21.1. The normalized spacial score (nSPS) is 20.3. The quantitative estimate of drug-likeness (QED) is 0.728. The van der Waals surface area contributed by atoms with Crippen molar-refractivity contribution in [2.75, 3.05) is 18.4 Å². The van der Waals surface area contributed by atoms with Crippen LogP contribution in [0.15, 0.2) is 36.4 Å². The third-order valence-corrected chi connectivity index (χ3v) is 6.64. The van der Waals surface area contributed by atoms with E-state index in [4.69, 9.17) is 5.73 Å². The van der Waals surface area contributed by atoms with Crippen molar-refractivity contribution in [2.45, 2.75) is 19.4 Å². The maximum absolute atomic E-state index is 12.8. The van der Waals surface area contributed by atoms with Crippen LogP contribution in [0, 0.1) is 5.92 Å². The highest BCUT2D eigenvalue weighted by Crippen LogP contribution is 2.35. The zero-order valence-corrected chi connectivity index (χ0v) is 15.6. The van der Waals surface area contributed by atoms with E-state index in [1.807, 2.05) is 41.3 Å². The van der Waals surface area contributed by atoms with Crippen LogP contribution < -0.4 is 11.1 Å². The van der Waals surface area contributed by atoms with Crippen molar-refractivity contribution < 1.29 is 4.79 Å². The van der Waals surface area contributed by atoms with Crippen LogP contribution >= 0.6 is 22.7 Å². The molecule has 0 saturated carbocycles. The number of nitrogens with two attached hydrogens (primary N) is 1. The number of para-hydroxylation sites is 1. The van der Waals surface area contributed by atoms with Gasteiger partial charge >= 0.3 is 0 Å². The average molecular weight is 373 g/mol. The number of nitrogens with zero attached hydrogens (tertiary/aromatic N) is 2. The molecule has 1 saturated heterocycles. The first-order chi connectivity index (χ1) is 12.1. The molecule has 2 aromatic heterocycles. The van der Waals surface area contributed by atoms with Crippen LogP contribution in [0.2, 0.25) is 0 Å². The van der Waals surface area contributed by atoms with Gasteiger partial charge in [0.2, 0.25) is 0 Å². The number of benzene rings is 1. The topological polar surface area (TPSA) is 71.2 Å². The van der Waals surface area contributed by atoms with Gasteiger partial charge in [-0.2, -0.15) is 0 Å². The van der Waals surface area contributed by atoms with Crippen molar-refractivity contribution in [2.24, 2.45) is 11.7 Å². The van der Waals surface area contributed by atoms with Gasteiger partial charge in [0.25, 0.3) is 5.91 Å². The second-order valence-electron chi connectivity index (χ2n) is 6.43. The predicted molar refractivity (Wildman–Crippen MR) is 105 cm³/mol. The van der Waals surface area contributed by atoms with Gasteiger partial charge in [-0.15, -0.1) is 11.3 Å². The van der Waals surface area contributed by atoms with Crippen LogP contribution in [0.3, 0.4) is 0 Å². The second kappa shape index (κ2) is 6.74. The summed E-state index contributed by atoms with van der Waals surface area (Å²) in [7, 11) is 0. The summed E-state index contributed by atoms with van der Waals surface area (Å²) < 4.78 is 1.05. The third-order valence-electron chi connectivity index (χ3n) is 4.58. The SMILES string of the molecule is CC1CC(CN)CN1C(=O)c1cc2sc(Nc3ccccc3)nc2s1. The molecule has 5 nitrogen and oxygen atoms in total. The molecule has 1 aliphatic heterocycles. The summed E-state index contributed by atoms with van der Waals surface area (Å²) in [6, 6.07) is 12.2. The molecule has 1 fully saturated rings. The van der Waals surface area contributed by atoms with Crippen molar-refractivity contribution >= 4 is 48.9 Å². The number of amides is 1. The van der Waals surface area contributed by atoms with E-state index >= 15 is 0 Å². The molecule has 3 heterocycles. The fraction of sp³-hybridized carbons (Fsp3) is 0.333. The summed E-state index contributed by atoms with van der Waals surface area (Å²) >= 11 is 3.05. The molecule has 2 atom stereocenters. The van der Waals surface area contributed by atoms with Gasteiger partial charge in [0, 0.05) is 18.3 Å². The van der Waals surface area contributed by atoms with E-state index in [0.29, 0.717) is 12.5 Å². The minimum Gasteiger partial charge on any atom is -0.335 e. The molecule has 1 amide bonds. The van der Waals surface area contributed by atoms with Crippen molar-refractivity contribution in [1.29, 1.82) is 0 Å².